The summed E-state index contributed by atoms with van der Waals surface area (Å²) in [6, 6.07) is 8.42. The molecule has 9 heteroatoms. The third-order valence-electron chi connectivity index (χ3n) is 7.20. The minimum Gasteiger partial charge on any atom is -0.322 e. The topological polar surface area (TPSA) is 49.0 Å². The molecule has 2 N–H and O–H groups in total. The predicted molar refractivity (Wildman–Crippen MR) is 172 cm³/mol. The Morgan fingerprint density at radius 3 is 2.08 bits per heavy atom. The summed E-state index contributed by atoms with van der Waals surface area (Å²) >= 11 is 7.75. The number of unbranched alkanes of at least 4 members (excludes halogenated alkanes) is 9. The molecule has 1 aromatic carbocycles. The average Bonchev–Trinajstić information content (AvgIpc) is 3.31. The Kier molecular flexibility index (Phi) is 16.8. The molecule has 0 saturated heterocycles. The largest absolute Gasteiger partial charge is 0.322 e. The summed E-state index contributed by atoms with van der Waals surface area (Å²) in [6.45, 7) is 13.5. The van der Waals surface area contributed by atoms with Gasteiger partial charge in [-0.3, -0.25) is 9.91 Å². The first-order chi connectivity index (χ1) is 18.3. The summed E-state index contributed by atoms with van der Waals surface area (Å²) in [5, 5.41) is 2.20. The highest BCUT2D eigenvalue weighted by Crippen LogP contribution is 2.61. The van der Waals surface area contributed by atoms with Crippen LogP contribution in [0.5, 0.6) is 0 Å². The van der Waals surface area contributed by atoms with Crippen LogP contribution in [-0.2, 0) is 20.9 Å². The van der Waals surface area contributed by atoms with Crippen LogP contribution in [0.1, 0.15) is 118 Å². The van der Waals surface area contributed by atoms with E-state index in [9.17, 15) is 0 Å². The number of fused-ring (bicyclic) bond motifs is 1. The van der Waals surface area contributed by atoms with E-state index in [-0.39, 0.29) is 5.54 Å². The summed E-state index contributed by atoms with van der Waals surface area (Å²) in [6.07, 6.45) is 16.1. The van der Waals surface area contributed by atoms with Gasteiger partial charge in [0.15, 0.2) is 0 Å². The van der Waals surface area contributed by atoms with Crippen molar-refractivity contribution in [2.75, 3.05) is 36.2 Å². The second kappa shape index (κ2) is 18.9. The molecular weight excluding hydrogens is 531 g/mol. The first kappa shape index (κ1) is 33.9. The number of rotatable bonds is 23. The van der Waals surface area contributed by atoms with Crippen LogP contribution in [0.4, 0.5) is 11.4 Å². The molecule has 0 bridgehead atoms. The van der Waals surface area contributed by atoms with Gasteiger partial charge in [0.1, 0.15) is 0 Å². The van der Waals surface area contributed by atoms with Crippen LogP contribution >= 0.6 is 17.1 Å². The molecule has 38 heavy (non-hydrogen) atoms. The van der Waals surface area contributed by atoms with Gasteiger partial charge in [-0.25, -0.2) is 0 Å². The van der Waals surface area contributed by atoms with E-state index < -0.39 is 5.69 Å². The Bertz CT molecular complexity index is 801. The van der Waals surface area contributed by atoms with Gasteiger partial charge in [-0.05, 0) is 57.0 Å². The van der Waals surface area contributed by atoms with Gasteiger partial charge in [-0.2, -0.15) is 0 Å². The van der Waals surface area contributed by atoms with Crippen molar-refractivity contribution in [2.45, 2.75) is 124 Å². The lowest BCUT2D eigenvalue weighted by atomic mass is 9.94. The number of para-hydroxylation sites is 2. The molecule has 2 rings (SSSR count). The number of hydrogen-bond donors (Lipinski definition) is 2. The summed E-state index contributed by atoms with van der Waals surface area (Å²) in [5.74, 6) is 0.778. The van der Waals surface area contributed by atoms with Gasteiger partial charge >= 0.3 is 0 Å². The van der Waals surface area contributed by atoms with Crippen molar-refractivity contribution in [1.29, 1.82) is 0 Å². The average molecular weight is 587 g/mol. The third-order valence-corrected chi connectivity index (χ3v) is 12.4. The first-order valence-electron chi connectivity index (χ1n) is 15.0. The Hall–Kier alpha value is -0.340. The molecule has 0 amide bonds. The van der Waals surface area contributed by atoms with Gasteiger partial charge in [-0.15, -0.1) is 5.53 Å². The molecule has 0 spiro atoms. The van der Waals surface area contributed by atoms with E-state index in [4.69, 9.17) is 20.9 Å². The smallest absolute Gasteiger partial charge is 0.248 e. The zero-order valence-electron chi connectivity index (χ0n) is 24.8. The van der Waals surface area contributed by atoms with Crippen LogP contribution in [0.25, 0.3) is 0 Å². The second-order valence-corrected chi connectivity index (χ2v) is 17.3. The van der Waals surface area contributed by atoms with E-state index in [0.29, 0.717) is 13.2 Å². The van der Waals surface area contributed by atoms with Crippen molar-refractivity contribution in [3.05, 3.63) is 24.3 Å². The van der Waals surface area contributed by atoms with E-state index in [1.807, 2.05) is 0 Å². The highest BCUT2D eigenvalue weighted by molar-refractivity contribution is 8.67. The molecule has 0 aliphatic carbocycles. The summed E-state index contributed by atoms with van der Waals surface area (Å²) in [7, 11) is 0. The van der Waals surface area contributed by atoms with Crippen LogP contribution in [0.2, 0.25) is 0 Å². The molecule has 0 atom stereocenters. The lowest BCUT2D eigenvalue weighted by molar-refractivity contribution is 0.131. The minimum absolute atomic E-state index is 0.0153. The van der Waals surface area contributed by atoms with Gasteiger partial charge in [0, 0.05) is 5.54 Å². The van der Waals surface area contributed by atoms with Crippen LogP contribution in [-0.4, -0.2) is 36.2 Å². The number of nitrogens with zero attached hydrogens (tertiary/aromatic N) is 2. The number of anilines is 2. The molecule has 6 nitrogen and oxygen atoms in total. The van der Waals surface area contributed by atoms with Crippen molar-refractivity contribution in [2.24, 2.45) is 0 Å². The molecule has 0 aromatic heterocycles. The summed E-state index contributed by atoms with van der Waals surface area (Å²) in [5.41, 5.74) is 6.55. The number of hydrogen-bond acceptors (Lipinski definition) is 8. The normalized spacial score (nSPS) is 13.8. The SMILES string of the molecule is CCCCCCCCCCC(C)(C)N(CSP(=S)(OCCCC)OCCCC)CN1NNc2ccccc21. The van der Waals surface area contributed by atoms with E-state index in [2.05, 4.69) is 79.8 Å². The van der Waals surface area contributed by atoms with Crippen LogP contribution < -0.4 is 16.0 Å². The Balaban J connectivity index is 2.04. The van der Waals surface area contributed by atoms with E-state index >= 15 is 0 Å². The van der Waals surface area contributed by atoms with Crippen LogP contribution in [0.15, 0.2) is 24.3 Å². The first-order valence-corrected chi connectivity index (χ1v) is 19.2. The summed E-state index contributed by atoms with van der Waals surface area (Å²) in [4.78, 5) is 2.54. The van der Waals surface area contributed by atoms with E-state index in [0.717, 1.165) is 50.3 Å². The van der Waals surface area contributed by atoms with Gasteiger partial charge < -0.3 is 14.5 Å². The predicted octanol–water partition coefficient (Wildman–Crippen LogP) is 9.46. The van der Waals surface area contributed by atoms with Crippen molar-refractivity contribution >= 4 is 40.3 Å². The van der Waals surface area contributed by atoms with Crippen LogP contribution in [0.3, 0.4) is 0 Å². The zero-order chi connectivity index (χ0) is 27.7. The Morgan fingerprint density at radius 2 is 1.45 bits per heavy atom. The molecule has 1 heterocycles. The van der Waals surface area contributed by atoms with Crippen molar-refractivity contribution in [1.82, 2.24) is 10.4 Å². The monoisotopic (exact) mass is 586 g/mol. The fraction of sp³-hybridized carbons (Fsp3) is 0.793. The second-order valence-electron chi connectivity index (χ2n) is 11.0. The number of hydrazine groups is 2. The zero-order valence-corrected chi connectivity index (χ0v) is 27.3. The van der Waals surface area contributed by atoms with Crippen molar-refractivity contribution < 1.29 is 9.05 Å². The molecule has 1 aliphatic heterocycles. The number of benzene rings is 1. The number of nitrogens with one attached hydrogen (secondary N) is 2. The lowest BCUT2D eigenvalue weighted by Crippen LogP contribution is -2.52. The summed E-state index contributed by atoms with van der Waals surface area (Å²) < 4.78 is 12.5. The minimum atomic E-state index is -2.41. The van der Waals surface area contributed by atoms with Gasteiger partial charge in [-0.1, -0.05) is 108 Å². The van der Waals surface area contributed by atoms with Gasteiger partial charge in [0.05, 0.1) is 37.1 Å². The Morgan fingerprint density at radius 1 is 0.868 bits per heavy atom. The molecule has 220 valence electrons. The fourth-order valence-corrected chi connectivity index (χ4v) is 8.68. The van der Waals surface area contributed by atoms with E-state index in [1.165, 1.54) is 57.1 Å². The lowest BCUT2D eigenvalue weighted by Gasteiger charge is -2.41. The molecule has 1 aliphatic rings. The maximum atomic E-state index is 6.26. The molecule has 0 fully saturated rings. The van der Waals surface area contributed by atoms with Gasteiger partial charge in [0.25, 0.3) is 0 Å². The van der Waals surface area contributed by atoms with Crippen molar-refractivity contribution in [3.8, 4) is 0 Å². The molecular formula is C29H55N4O2PS2. The van der Waals surface area contributed by atoms with Crippen molar-refractivity contribution in [3.63, 3.8) is 0 Å². The molecule has 0 unspecified atom stereocenters. The molecule has 0 radical (unpaired) electrons. The Labute approximate surface area is 243 Å². The third kappa shape index (κ3) is 12.4. The standard InChI is InChI=1S/C29H55N4O2PS2/c1-6-9-12-13-14-15-16-19-22-29(4,5)32(25-33-28-21-18-17-20-27(28)30-31-33)26-38-36(37,34-23-10-7-2)35-24-11-8-3/h17-18,20-21,30-31H,6-16,19,22-26H2,1-5H3. The van der Waals surface area contributed by atoms with E-state index in [1.54, 1.807) is 11.4 Å². The fourth-order valence-electron chi connectivity index (χ4n) is 4.44. The van der Waals surface area contributed by atoms with Crippen LogP contribution in [0, 0.1) is 0 Å². The maximum Gasteiger partial charge on any atom is 0.248 e. The molecule has 1 aromatic rings. The maximum absolute atomic E-state index is 6.26. The molecule has 0 saturated carbocycles. The quantitative estimate of drug-likeness (QED) is 0.0747. The highest BCUT2D eigenvalue weighted by Gasteiger charge is 2.32. The highest BCUT2D eigenvalue weighted by atomic mass is 32.9. The van der Waals surface area contributed by atoms with Gasteiger partial charge in [0.2, 0.25) is 5.69 Å².